The summed E-state index contributed by atoms with van der Waals surface area (Å²) in [5.74, 6) is 1.05. The van der Waals surface area contributed by atoms with Crippen molar-refractivity contribution in [1.82, 2.24) is 15.4 Å². The summed E-state index contributed by atoms with van der Waals surface area (Å²) in [4.78, 5) is 4.25. The van der Waals surface area contributed by atoms with Crippen molar-refractivity contribution < 1.29 is 4.52 Å². The Morgan fingerprint density at radius 3 is 2.36 bits per heavy atom. The van der Waals surface area contributed by atoms with Crippen LogP contribution in [0.4, 0.5) is 17.4 Å². The molecule has 2 rings (SSSR count). The van der Waals surface area contributed by atoms with Crippen LogP contribution in [-0.2, 0) is 10.8 Å². The van der Waals surface area contributed by atoms with Crippen LogP contribution < -0.4 is 11.1 Å². The lowest BCUT2D eigenvalue weighted by atomic mass is 9.89. The lowest BCUT2D eigenvalue weighted by molar-refractivity contribution is 0.404. The molecule has 2 heterocycles. The number of amidine groups is 1. The first kappa shape index (κ1) is 18.5. The second-order valence-corrected chi connectivity index (χ2v) is 8.02. The second-order valence-electron chi connectivity index (χ2n) is 8.02. The zero-order valence-corrected chi connectivity index (χ0v) is 15.8. The zero-order chi connectivity index (χ0) is 19.0. The van der Waals surface area contributed by atoms with Crippen LogP contribution in [0.15, 0.2) is 9.52 Å². The number of nitrogens with zero attached hydrogens (tertiary/aromatic N) is 4. The standard InChI is InChI=1S/C17H25N7O/c1-9(19)20-14-11(13(22-23-14)17(5,6)7)21-15-10(8-18)12(24-25-15)16(2,3)4/h21H,1-7H3,(H3,19,20,22,23). The fourth-order valence-corrected chi connectivity index (χ4v) is 2.35. The van der Waals surface area contributed by atoms with Gasteiger partial charge in [-0.3, -0.25) is 5.10 Å². The van der Waals surface area contributed by atoms with Crippen molar-refractivity contribution in [1.29, 1.82) is 5.26 Å². The van der Waals surface area contributed by atoms with E-state index in [1.807, 2.05) is 41.5 Å². The molecule has 0 amide bonds. The number of aliphatic imine (C=N–C) groups is 1. The molecule has 0 atom stereocenters. The van der Waals surface area contributed by atoms with Crippen molar-refractivity contribution in [2.75, 3.05) is 5.32 Å². The van der Waals surface area contributed by atoms with E-state index >= 15 is 0 Å². The maximum atomic E-state index is 9.56. The minimum Gasteiger partial charge on any atom is -0.387 e. The van der Waals surface area contributed by atoms with Gasteiger partial charge in [-0.1, -0.05) is 46.7 Å². The molecule has 8 nitrogen and oxygen atoms in total. The Morgan fingerprint density at radius 2 is 1.88 bits per heavy atom. The highest BCUT2D eigenvalue weighted by Gasteiger charge is 2.29. The summed E-state index contributed by atoms with van der Waals surface area (Å²) in [7, 11) is 0. The molecule has 0 radical (unpaired) electrons. The number of anilines is 2. The second kappa shape index (κ2) is 6.24. The molecule has 4 N–H and O–H groups in total. The smallest absolute Gasteiger partial charge is 0.247 e. The maximum Gasteiger partial charge on any atom is 0.247 e. The quantitative estimate of drug-likeness (QED) is 0.576. The third-order valence-corrected chi connectivity index (χ3v) is 3.53. The van der Waals surface area contributed by atoms with Gasteiger partial charge in [0.2, 0.25) is 5.88 Å². The van der Waals surface area contributed by atoms with Crippen LogP contribution >= 0.6 is 0 Å². The summed E-state index contributed by atoms with van der Waals surface area (Å²) in [6.07, 6.45) is 0. The molecule has 8 heteroatoms. The summed E-state index contributed by atoms with van der Waals surface area (Å²) in [6.45, 7) is 13.7. The molecule has 0 saturated carbocycles. The largest absolute Gasteiger partial charge is 0.387 e. The van der Waals surface area contributed by atoms with Gasteiger partial charge < -0.3 is 15.6 Å². The van der Waals surface area contributed by atoms with Crippen molar-refractivity contribution >= 4 is 23.2 Å². The van der Waals surface area contributed by atoms with Gasteiger partial charge in [0, 0.05) is 10.8 Å². The number of aromatic amines is 1. The van der Waals surface area contributed by atoms with Gasteiger partial charge in [0.05, 0.1) is 11.5 Å². The van der Waals surface area contributed by atoms with E-state index in [-0.39, 0.29) is 16.7 Å². The number of aromatic nitrogens is 3. The molecule has 0 aliphatic carbocycles. The first-order valence-corrected chi connectivity index (χ1v) is 8.02. The molecule has 2 aromatic heterocycles. The monoisotopic (exact) mass is 343 g/mol. The number of rotatable bonds is 3. The molecule has 0 fully saturated rings. The van der Waals surface area contributed by atoms with Crippen LogP contribution in [0, 0.1) is 11.3 Å². The molecular weight excluding hydrogens is 318 g/mol. The summed E-state index contributed by atoms with van der Waals surface area (Å²) in [5, 5.41) is 24.0. The fourth-order valence-electron chi connectivity index (χ4n) is 2.35. The Morgan fingerprint density at radius 1 is 1.24 bits per heavy atom. The number of hydrogen-bond acceptors (Lipinski definition) is 6. The van der Waals surface area contributed by atoms with Crippen LogP contribution in [0.2, 0.25) is 0 Å². The van der Waals surface area contributed by atoms with Crippen molar-refractivity contribution in [2.45, 2.75) is 59.3 Å². The summed E-state index contributed by atoms with van der Waals surface area (Å²) < 4.78 is 5.41. The number of H-pyrrole nitrogens is 1. The molecular formula is C17H25N7O. The Labute approximate surface area is 147 Å². The first-order valence-electron chi connectivity index (χ1n) is 8.02. The molecule has 0 spiro atoms. The SMILES string of the molecule is CC(N)=Nc1n[nH]c(C(C)(C)C)c1Nc1onc(C(C)(C)C)c1C#N. The van der Waals surface area contributed by atoms with Gasteiger partial charge in [0.1, 0.15) is 23.0 Å². The Bertz CT molecular complexity index is 834. The molecule has 134 valence electrons. The summed E-state index contributed by atoms with van der Waals surface area (Å²) in [6, 6.07) is 2.17. The molecule has 0 unspecified atom stereocenters. The van der Waals surface area contributed by atoms with Gasteiger partial charge in [-0.2, -0.15) is 10.4 Å². The van der Waals surface area contributed by atoms with E-state index in [1.54, 1.807) is 6.92 Å². The first-order chi connectivity index (χ1) is 11.4. The van der Waals surface area contributed by atoms with Gasteiger partial charge in [-0.25, -0.2) is 4.99 Å². The van der Waals surface area contributed by atoms with E-state index in [1.165, 1.54) is 0 Å². The average molecular weight is 343 g/mol. The van der Waals surface area contributed by atoms with E-state index in [0.717, 1.165) is 5.69 Å². The third-order valence-electron chi connectivity index (χ3n) is 3.53. The Kier molecular flexibility index (Phi) is 4.62. The van der Waals surface area contributed by atoms with Crippen LogP contribution in [-0.4, -0.2) is 21.2 Å². The van der Waals surface area contributed by atoms with E-state index < -0.39 is 0 Å². The molecule has 0 aliphatic heterocycles. The van der Waals surface area contributed by atoms with Crippen molar-refractivity contribution in [3.63, 3.8) is 0 Å². The van der Waals surface area contributed by atoms with E-state index in [4.69, 9.17) is 10.3 Å². The van der Waals surface area contributed by atoms with Gasteiger partial charge in [-0.15, -0.1) is 0 Å². The minimum absolute atomic E-state index is 0.231. The zero-order valence-electron chi connectivity index (χ0n) is 15.8. The summed E-state index contributed by atoms with van der Waals surface area (Å²) >= 11 is 0. The van der Waals surface area contributed by atoms with E-state index in [9.17, 15) is 5.26 Å². The lowest BCUT2D eigenvalue weighted by Crippen LogP contribution is -2.15. The number of hydrogen-bond donors (Lipinski definition) is 3. The topological polar surface area (TPSA) is 129 Å². The summed E-state index contributed by atoms with van der Waals surface area (Å²) in [5.41, 5.74) is 7.56. The number of nitrogens with one attached hydrogen (secondary N) is 2. The minimum atomic E-state index is -0.313. The van der Waals surface area contributed by atoms with Gasteiger partial charge >= 0.3 is 0 Å². The molecule has 0 saturated heterocycles. The normalized spacial score (nSPS) is 13.0. The van der Waals surface area contributed by atoms with E-state index in [2.05, 4.69) is 31.7 Å². The third kappa shape index (κ3) is 3.82. The van der Waals surface area contributed by atoms with Crippen molar-refractivity contribution in [2.24, 2.45) is 10.7 Å². The highest BCUT2D eigenvalue weighted by atomic mass is 16.5. The van der Waals surface area contributed by atoms with Crippen LogP contribution in [0.3, 0.4) is 0 Å². The maximum absolute atomic E-state index is 9.56. The average Bonchev–Trinajstić information content (AvgIpc) is 3.02. The van der Waals surface area contributed by atoms with E-state index in [0.29, 0.717) is 28.6 Å². The number of nitrogens with two attached hydrogens (primary N) is 1. The van der Waals surface area contributed by atoms with Crippen LogP contribution in [0.1, 0.15) is 65.4 Å². The number of nitriles is 1. The van der Waals surface area contributed by atoms with Gasteiger partial charge in [0.25, 0.3) is 0 Å². The van der Waals surface area contributed by atoms with Gasteiger partial charge in [-0.05, 0) is 6.92 Å². The molecule has 0 aliphatic rings. The Balaban J connectivity index is 2.58. The lowest BCUT2D eigenvalue weighted by Gasteiger charge is -2.18. The highest BCUT2D eigenvalue weighted by Crippen LogP contribution is 2.38. The van der Waals surface area contributed by atoms with Crippen LogP contribution in [0.25, 0.3) is 0 Å². The van der Waals surface area contributed by atoms with Crippen LogP contribution in [0.5, 0.6) is 0 Å². The van der Waals surface area contributed by atoms with Crippen molar-refractivity contribution in [3.8, 4) is 6.07 Å². The molecule has 0 bridgehead atoms. The predicted molar refractivity (Wildman–Crippen MR) is 97.4 cm³/mol. The fraction of sp³-hybridized carbons (Fsp3) is 0.529. The highest BCUT2D eigenvalue weighted by molar-refractivity contribution is 5.84. The van der Waals surface area contributed by atoms with Gasteiger partial charge in [0.15, 0.2) is 5.82 Å². The molecule has 0 aromatic carbocycles. The molecule has 25 heavy (non-hydrogen) atoms. The van der Waals surface area contributed by atoms with Crippen molar-refractivity contribution in [3.05, 3.63) is 17.0 Å². The Hall–Kier alpha value is -2.82. The predicted octanol–water partition coefficient (Wildman–Crippen LogP) is 3.62. The molecule has 2 aromatic rings.